The van der Waals surface area contributed by atoms with Crippen molar-refractivity contribution in [3.05, 3.63) is 146 Å². The number of fused-ring (bicyclic) bond motifs is 6. The Kier molecular flexibility index (Phi) is 5.68. The molecule has 0 radical (unpaired) electrons. The molecule has 3 nitrogen and oxygen atoms in total. The highest BCUT2D eigenvalue weighted by atomic mass is 32.1. The second-order valence-corrected chi connectivity index (χ2v) is 12.1. The fourth-order valence-electron chi connectivity index (χ4n) is 6.18. The quantitative estimate of drug-likeness (QED) is 0.208. The molecule has 0 aliphatic rings. The Labute approximate surface area is 257 Å². The van der Waals surface area contributed by atoms with Crippen LogP contribution in [0.1, 0.15) is 0 Å². The Bertz CT molecular complexity index is 2440. The highest BCUT2D eigenvalue weighted by Gasteiger charge is 2.18. The van der Waals surface area contributed by atoms with E-state index in [1.165, 1.54) is 25.7 Å². The number of thiophene rings is 1. The predicted molar refractivity (Wildman–Crippen MR) is 184 cm³/mol. The first kappa shape index (κ1) is 25.0. The van der Waals surface area contributed by atoms with Crippen molar-refractivity contribution in [2.24, 2.45) is 0 Å². The molecule has 0 N–H and O–H groups in total. The van der Waals surface area contributed by atoms with Gasteiger partial charge in [0.15, 0.2) is 5.82 Å². The van der Waals surface area contributed by atoms with Gasteiger partial charge >= 0.3 is 0 Å². The van der Waals surface area contributed by atoms with E-state index in [0.29, 0.717) is 5.82 Å². The van der Waals surface area contributed by atoms with E-state index < -0.39 is 0 Å². The molecule has 9 rings (SSSR count). The third-order valence-corrected chi connectivity index (χ3v) is 9.46. The van der Waals surface area contributed by atoms with Crippen molar-refractivity contribution in [1.82, 2.24) is 9.97 Å². The van der Waals surface area contributed by atoms with Crippen molar-refractivity contribution in [3.63, 3.8) is 0 Å². The van der Waals surface area contributed by atoms with Crippen molar-refractivity contribution >= 4 is 53.4 Å². The van der Waals surface area contributed by atoms with Crippen LogP contribution in [0, 0.1) is 0 Å². The van der Waals surface area contributed by atoms with Crippen LogP contribution in [0.2, 0.25) is 0 Å². The lowest BCUT2D eigenvalue weighted by Crippen LogP contribution is -1.96. The topological polar surface area (TPSA) is 38.9 Å². The third-order valence-electron chi connectivity index (χ3n) is 8.31. The zero-order chi connectivity index (χ0) is 29.0. The Morgan fingerprint density at radius 1 is 0.432 bits per heavy atom. The number of benzene rings is 6. The molecule has 0 aliphatic carbocycles. The van der Waals surface area contributed by atoms with Crippen LogP contribution in [0.4, 0.5) is 0 Å². The average molecular weight is 581 g/mol. The molecule has 0 amide bonds. The average Bonchev–Trinajstić information content (AvgIpc) is 3.66. The van der Waals surface area contributed by atoms with Gasteiger partial charge in [0.25, 0.3) is 0 Å². The van der Waals surface area contributed by atoms with Gasteiger partial charge < -0.3 is 4.42 Å². The molecule has 0 saturated heterocycles. The summed E-state index contributed by atoms with van der Waals surface area (Å²) in [5, 5.41) is 4.67. The Morgan fingerprint density at radius 3 is 1.82 bits per heavy atom. The van der Waals surface area contributed by atoms with Crippen LogP contribution < -0.4 is 0 Å². The maximum atomic E-state index is 6.40. The highest BCUT2D eigenvalue weighted by molar-refractivity contribution is 7.25. The van der Waals surface area contributed by atoms with E-state index in [1.807, 2.05) is 59.9 Å². The number of hydrogen-bond donors (Lipinski definition) is 0. The monoisotopic (exact) mass is 580 g/mol. The first-order valence-electron chi connectivity index (χ1n) is 14.7. The number of furan rings is 1. The van der Waals surface area contributed by atoms with E-state index in [0.717, 1.165) is 55.6 Å². The summed E-state index contributed by atoms with van der Waals surface area (Å²) < 4.78 is 9.01. The Balaban J connectivity index is 1.25. The lowest BCUT2D eigenvalue weighted by molar-refractivity contribution is 0.669. The van der Waals surface area contributed by atoms with Crippen molar-refractivity contribution in [2.45, 2.75) is 0 Å². The Morgan fingerprint density at radius 2 is 1.07 bits per heavy atom. The molecule has 0 aliphatic heterocycles. The van der Waals surface area contributed by atoms with Crippen LogP contribution in [0.5, 0.6) is 0 Å². The minimum Gasteiger partial charge on any atom is -0.456 e. The molecular formula is C40H24N2OS. The molecule has 0 unspecified atom stereocenters. The lowest BCUT2D eigenvalue weighted by Gasteiger charge is -2.10. The zero-order valence-electron chi connectivity index (χ0n) is 23.6. The van der Waals surface area contributed by atoms with E-state index in [-0.39, 0.29) is 0 Å². The second-order valence-electron chi connectivity index (χ2n) is 11.0. The minimum absolute atomic E-state index is 0.676. The highest BCUT2D eigenvalue weighted by Crippen LogP contribution is 2.40. The third kappa shape index (κ3) is 4.11. The smallest absolute Gasteiger partial charge is 0.161 e. The van der Waals surface area contributed by atoms with Crippen molar-refractivity contribution in [1.29, 1.82) is 0 Å². The fraction of sp³-hybridized carbons (Fsp3) is 0. The summed E-state index contributed by atoms with van der Waals surface area (Å²) >= 11 is 1.84. The van der Waals surface area contributed by atoms with E-state index >= 15 is 0 Å². The van der Waals surface area contributed by atoms with Gasteiger partial charge in [0.05, 0.1) is 11.4 Å². The van der Waals surface area contributed by atoms with Crippen LogP contribution in [0.15, 0.2) is 150 Å². The fourth-order valence-corrected chi connectivity index (χ4v) is 7.27. The minimum atomic E-state index is 0.676. The maximum absolute atomic E-state index is 6.40. The summed E-state index contributed by atoms with van der Waals surface area (Å²) in [6.45, 7) is 0. The van der Waals surface area contributed by atoms with Gasteiger partial charge in [-0.05, 0) is 53.6 Å². The molecule has 0 spiro atoms. The molecule has 9 aromatic rings. The van der Waals surface area contributed by atoms with E-state index in [2.05, 4.69) is 97.1 Å². The van der Waals surface area contributed by atoms with Crippen LogP contribution >= 0.6 is 11.3 Å². The molecule has 0 atom stereocenters. The van der Waals surface area contributed by atoms with Crippen LogP contribution in [0.25, 0.3) is 87.1 Å². The molecule has 4 heteroatoms. The first-order valence-corrected chi connectivity index (χ1v) is 15.5. The number of aromatic nitrogens is 2. The Hall–Kier alpha value is -5.58. The normalized spacial score (nSPS) is 11.6. The van der Waals surface area contributed by atoms with E-state index in [1.54, 1.807) is 0 Å². The van der Waals surface area contributed by atoms with Gasteiger partial charge in [-0.25, -0.2) is 9.97 Å². The van der Waals surface area contributed by atoms with Crippen LogP contribution in [-0.4, -0.2) is 9.97 Å². The molecule has 44 heavy (non-hydrogen) atoms. The van der Waals surface area contributed by atoms with Gasteiger partial charge in [-0.3, -0.25) is 0 Å². The van der Waals surface area contributed by atoms with Crippen molar-refractivity contribution in [3.8, 4) is 45.0 Å². The number of nitrogens with zero attached hydrogens (tertiary/aromatic N) is 2. The van der Waals surface area contributed by atoms with E-state index in [9.17, 15) is 0 Å². The summed E-state index contributed by atoms with van der Waals surface area (Å²) in [4.78, 5) is 10.2. The SMILES string of the molecule is c1ccc(-c2cc(-c3ccccc3)nc(-c3cccc4oc5ccc(-c6ccc7sc8ccccc8c7c6)cc5c34)n2)cc1. The molecule has 206 valence electrons. The molecule has 0 bridgehead atoms. The molecule has 0 saturated carbocycles. The van der Waals surface area contributed by atoms with Crippen molar-refractivity contribution < 1.29 is 4.42 Å². The molecule has 0 fully saturated rings. The molecule has 3 aromatic heterocycles. The summed E-state index contributed by atoms with van der Waals surface area (Å²) in [6.07, 6.45) is 0. The van der Waals surface area contributed by atoms with Gasteiger partial charge in [-0.2, -0.15) is 0 Å². The van der Waals surface area contributed by atoms with Gasteiger partial charge in [-0.15, -0.1) is 11.3 Å². The molecule has 3 heterocycles. The van der Waals surface area contributed by atoms with Crippen molar-refractivity contribution in [2.75, 3.05) is 0 Å². The summed E-state index contributed by atoms with van der Waals surface area (Å²) in [7, 11) is 0. The second kappa shape index (κ2) is 10.0. The van der Waals surface area contributed by atoms with Gasteiger partial charge in [0.1, 0.15) is 11.2 Å². The summed E-state index contributed by atoms with van der Waals surface area (Å²) in [5.41, 5.74) is 8.83. The lowest BCUT2D eigenvalue weighted by atomic mass is 9.99. The maximum Gasteiger partial charge on any atom is 0.161 e. The van der Waals surface area contributed by atoms with Gasteiger partial charge in [0, 0.05) is 47.6 Å². The predicted octanol–water partition coefficient (Wildman–Crippen LogP) is 11.4. The number of hydrogen-bond acceptors (Lipinski definition) is 4. The standard InChI is InChI=1S/C40H24N2OS/c1-3-10-25(11-4-1)33-24-34(26-12-5-2-6-13-26)42-40(41-33)30-15-9-16-36-39(30)32-23-27(18-20-35(32)43-36)28-19-21-38-31(22-28)29-14-7-8-17-37(29)44-38/h1-24H. The number of rotatable bonds is 4. The molecule has 6 aromatic carbocycles. The van der Waals surface area contributed by atoms with Gasteiger partial charge in [-0.1, -0.05) is 103 Å². The summed E-state index contributed by atoms with van der Waals surface area (Å²) in [6, 6.07) is 50.7. The molecular weight excluding hydrogens is 557 g/mol. The van der Waals surface area contributed by atoms with Crippen LogP contribution in [-0.2, 0) is 0 Å². The summed E-state index contributed by atoms with van der Waals surface area (Å²) in [5.74, 6) is 0.676. The van der Waals surface area contributed by atoms with Crippen LogP contribution in [0.3, 0.4) is 0 Å². The zero-order valence-corrected chi connectivity index (χ0v) is 24.4. The first-order chi connectivity index (χ1) is 21.8. The van der Waals surface area contributed by atoms with E-state index in [4.69, 9.17) is 14.4 Å². The van der Waals surface area contributed by atoms with Gasteiger partial charge in [0.2, 0.25) is 0 Å². The largest absolute Gasteiger partial charge is 0.456 e.